The molecule has 8 nitrogen and oxygen atoms in total. The van der Waals surface area contributed by atoms with Crippen LogP contribution in [0.25, 0.3) is 0 Å². The smallest absolute Gasteiger partial charge is 0.426 e. The Labute approximate surface area is 192 Å². The number of alkyl halides is 6. The molecular formula is C20H27F6N5O3. The first-order chi connectivity index (χ1) is 15.8. The number of carbonyl (C=O) groups is 2. The van der Waals surface area contributed by atoms with Crippen LogP contribution in [0.4, 0.5) is 31.1 Å². The quantitative estimate of drug-likeness (QED) is 0.271. The molecule has 0 radical (unpaired) electrons. The van der Waals surface area contributed by atoms with E-state index in [1.165, 1.54) is 0 Å². The number of rotatable bonds is 8. The van der Waals surface area contributed by atoms with Gasteiger partial charge in [-0.2, -0.15) is 26.3 Å². The van der Waals surface area contributed by atoms with Crippen molar-refractivity contribution in [3.05, 3.63) is 11.3 Å². The number of nitrogens with one attached hydrogen (secondary N) is 3. The summed E-state index contributed by atoms with van der Waals surface area (Å²) in [5.41, 5.74) is 0.770. The number of fused-ring (bicyclic) bond motifs is 1. The van der Waals surface area contributed by atoms with Crippen molar-refractivity contribution in [1.29, 1.82) is 5.41 Å². The molecule has 2 aliphatic heterocycles. The van der Waals surface area contributed by atoms with Gasteiger partial charge in [0.2, 0.25) is 0 Å². The fourth-order valence-electron chi connectivity index (χ4n) is 4.30. The van der Waals surface area contributed by atoms with Crippen LogP contribution in [0.5, 0.6) is 0 Å². The van der Waals surface area contributed by atoms with E-state index in [0.29, 0.717) is 30.9 Å². The van der Waals surface area contributed by atoms with Gasteiger partial charge in [0.25, 0.3) is 12.0 Å². The number of hydrogen-bond acceptors (Lipinski definition) is 6. The van der Waals surface area contributed by atoms with Crippen LogP contribution in [0.1, 0.15) is 19.8 Å². The highest BCUT2D eigenvalue weighted by Gasteiger charge is 2.60. The Balaban J connectivity index is 1.59. The Morgan fingerprint density at radius 3 is 2.06 bits per heavy atom. The van der Waals surface area contributed by atoms with Crippen molar-refractivity contribution in [1.82, 2.24) is 20.4 Å². The lowest BCUT2D eigenvalue weighted by Gasteiger charge is -2.26. The zero-order valence-electron chi connectivity index (χ0n) is 18.4. The average molecular weight is 499 g/mol. The number of nitrogens with zero attached hydrogens (tertiary/aromatic N) is 2. The minimum absolute atomic E-state index is 0.0334. The van der Waals surface area contributed by atoms with Gasteiger partial charge in [-0.25, -0.2) is 4.79 Å². The summed E-state index contributed by atoms with van der Waals surface area (Å²) >= 11 is 0. The third-order valence-electron chi connectivity index (χ3n) is 6.02. The minimum Gasteiger partial charge on any atom is -0.426 e. The summed E-state index contributed by atoms with van der Waals surface area (Å²) < 4.78 is 79.8. The molecule has 2 unspecified atom stereocenters. The fraction of sp³-hybridized carbons (Fsp3) is 0.750. The minimum atomic E-state index is -5.76. The lowest BCUT2D eigenvalue weighted by molar-refractivity contribution is -0.308. The first kappa shape index (κ1) is 26.1. The molecule has 0 aromatic rings. The number of hydrogen-bond donors (Lipinski definition) is 3. The van der Waals surface area contributed by atoms with Crippen LogP contribution in [0.2, 0.25) is 0 Å². The molecule has 1 aliphatic carbocycles. The summed E-state index contributed by atoms with van der Waals surface area (Å²) in [6, 6.07) is 0.138. The number of likely N-dealkylation sites (tertiary alicyclic amines) is 2. The van der Waals surface area contributed by atoms with Crippen LogP contribution in [-0.4, -0.2) is 91.8 Å². The second-order valence-corrected chi connectivity index (χ2v) is 8.79. The lowest BCUT2D eigenvalue weighted by Crippen LogP contribution is -2.48. The van der Waals surface area contributed by atoms with Crippen molar-refractivity contribution in [2.24, 2.45) is 11.8 Å². The van der Waals surface area contributed by atoms with Crippen LogP contribution >= 0.6 is 0 Å². The Hall–Kier alpha value is -2.51. The van der Waals surface area contributed by atoms with E-state index in [-0.39, 0.29) is 43.4 Å². The molecular weight excluding hydrogens is 472 g/mol. The number of halogens is 6. The Morgan fingerprint density at radius 1 is 1.06 bits per heavy atom. The predicted molar refractivity (Wildman–Crippen MR) is 108 cm³/mol. The summed E-state index contributed by atoms with van der Waals surface area (Å²) in [5, 5.41) is 13.6. The molecule has 0 aromatic heterocycles. The molecule has 3 rings (SSSR count). The molecule has 3 N–H and O–H groups in total. The van der Waals surface area contributed by atoms with Crippen molar-refractivity contribution < 1.29 is 40.7 Å². The van der Waals surface area contributed by atoms with Gasteiger partial charge in [0.1, 0.15) is 5.70 Å². The molecule has 3 aliphatic rings. The highest BCUT2D eigenvalue weighted by molar-refractivity contribution is 5.99. The van der Waals surface area contributed by atoms with Crippen molar-refractivity contribution in [3.63, 3.8) is 0 Å². The highest BCUT2D eigenvalue weighted by Crippen LogP contribution is 2.37. The molecule has 2 atom stereocenters. The number of amides is 2. The summed E-state index contributed by atoms with van der Waals surface area (Å²) in [5.74, 6) is -0.629. The molecule has 14 heteroatoms. The molecule has 0 spiro atoms. The van der Waals surface area contributed by atoms with Crippen LogP contribution in [0, 0.1) is 17.2 Å². The molecule has 3 fully saturated rings. The van der Waals surface area contributed by atoms with Gasteiger partial charge in [0.05, 0.1) is 0 Å². The largest absolute Gasteiger partial charge is 0.434 e. The van der Waals surface area contributed by atoms with Gasteiger partial charge >= 0.3 is 18.4 Å². The number of carbonyl (C=O) groups excluding carboxylic acids is 2. The van der Waals surface area contributed by atoms with Gasteiger partial charge in [-0.1, -0.05) is 0 Å². The van der Waals surface area contributed by atoms with E-state index >= 15 is 0 Å². The van der Waals surface area contributed by atoms with Crippen LogP contribution in [0.15, 0.2) is 11.3 Å². The molecule has 34 heavy (non-hydrogen) atoms. The van der Waals surface area contributed by atoms with Gasteiger partial charge in [-0.05, 0) is 31.6 Å². The molecule has 1 saturated carbocycles. The van der Waals surface area contributed by atoms with Crippen LogP contribution in [0.3, 0.4) is 0 Å². The summed E-state index contributed by atoms with van der Waals surface area (Å²) in [7, 11) is 0. The second kappa shape index (κ2) is 10.0. The average Bonchev–Trinajstić information content (AvgIpc) is 3.32. The highest BCUT2D eigenvalue weighted by atomic mass is 19.4. The van der Waals surface area contributed by atoms with E-state index in [0.717, 1.165) is 24.0 Å². The second-order valence-electron chi connectivity index (χ2n) is 8.79. The van der Waals surface area contributed by atoms with Crippen LogP contribution < -0.4 is 10.6 Å². The van der Waals surface area contributed by atoms with Gasteiger partial charge < -0.3 is 25.7 Å². The molecule has 0 bridgehead atoms. The fourth-order valence-corrected chi connectivity index (χ4v) is 4.30. The standard InChI is InChI=1S/C20H27F6N5O3/c1-2-28-15(16(32)29-14-3-4-14)11(5-27)6-30-7-12-9-31(10-13(12)8-30)18(33)34-17(19(21,22)23)20(24,25)26/h5,12-14,17,27-28H,2-4,6-10H2,1H3,(H,29,32)/b15-11+,27-5?. The summed E-state index contributed by atoms with van der Waals surface area (Å²) in [6.45, 7) is 3.33. The van der Waals surface area contributed by atoms with Crippen LogP contribution in [-0.2, 0) is 9.53 Å². The predicted octanol–water partition coefficient (Wildman–Crippen LogP) is 2.27. The van der Waals surface area contributed by atoms with Gasteiger partial charge in [-0.15, -0.1) is 0 Å². The monoisotopic (exact) mass is 499 g/mol. The Kier molecular flexibility index (Phi) is 7.68. The molecule has 2 saturated heterocycles. The van der Waals surface area contributed by atoms with E-state index < -0.39 is 24.5 Å². The maximum Gasteiger partial charge on any atom is 0.434 e. The molecule has 2 amide bonds. The molecule has 192 valence electrons. The van der Waals surface area contributed by atoms with E-state index in [1.54, 1.807) is 0 Å². The lowest BCUT2D eigenvalue weighted by atomic mass is 10.0. The van der Waals surface area contributed by atoms with Gasteiger partial charge in [-0.3, -0.25) is 9.69 Å². The van der Waals surface area contributed by atoms with Crippen molar-refractivity contribution >= 4 is 18.2 Å². The van der Waals surface area contributed by atoms with E-state index in [1.807, 2.05) is 11.8 Å². The third-order valence-corrected chi connectivity index (χ3v) is 6.02. The number of likely N-dealkylation sites (N-methyl/N-ethyl adjacent to an activating group) is 1. The van der Waals surface area contributed by atoms with E-state index in [9.17, 15) is 35.9 Å². The normalized spacial score (nSPS) is 24.1. The first-order valence-electron chi connectivity index (χ1n) is 10.9. The molecule has 2 heterocycles. The van der Waals surface area contributed by atoms with Gasteiger partial charge in [0.15, 0.2) is 0 Å². The topological polar surface area (TPSA) is 97.8 Å². The zero-order valence-corrected chi connectivity index (χ0v) is 18.4. The molecule has 0 aromatic carbocycles. The number of ether oxygens (including phenoxy) is 1. The first-order valence-corrected chi connectivity index (χ1v) is 10.9. The Bertz CT molecular complexity index is 798. The zero-order chi connectivity index (χ0) is 25.3. The van der Waals surface area contributed by atoms with Crippen molar-refractivity contribution in [2.45, 2.75) is 44.3 Å². The van der Waals surface area contributed by atoms with E-state index in [2.05, 4.69) is 15.4 Å². The third kappa shape index (κ3) is 6.33. The van der Waals surface area contributed by atoms with Gasteiger partial charge in [0, 0.05) is 57.1 Å². The summed E-state index contributed by atoms with van der Waals surface area (Å²) in [4.78, 5) is 27.4. The SMILES string of the molecule is CCN/C(C(=O)NC1CC1)=C(\C=N)CN1CC2CN(C(=O)OC(C(F)(F)F)C(F)(F)F)CC2C1. The Morgan fingerprint density at radius 2 is 1.62 bits per heavy atom. The maximum absolute atomic E-state index is 12.7. The summed E-state index contributed by atoms with van der Waals surface area (Å²) in [6.07, 6.45) is -14.4. The van der Waals surface area contributed by atoms with Crippen molar-refractivity contribution in [3.8, 4) is 0 Å². The maximum atomic E-state index is 12.7. The van der Waals surface area contributed by atoms with Crippen molar-refractivity contribution in [2.75, 3.05) is 39.3 Å². The van der Waals surface area contributed by atoms with E-state index in [4.69, 9.17) is 5.41 Å².